The summed E-state index contributed by atoms with van der Waals surface area (Å²) in [6.45, 7) is 2.33. The van der Waals surface area contributed by atoms with E-state index in [0.29, 0.717) is 48.4 Å². The lowest BCUT2D eigenvalue weighted by atomic mass is 10.1. The lowest BCUT2D eigenvalue weighted by molar-refractivity contribution is -0.465. The standard InChI is InChI=1S/C45H49F12N7O2/c1-2-3-4-5-6-13-18-58-39(59-27-37(19-29-14-9-7-10-15-29)63-40(65)61-35-23-31(42(46,47)48)21-32(24-35)43(49,50)51)60-28-38(20-30-16-11-8-12-17-30)64-41(66)62-36-25-33(44(52,53)54)22-34(26-36)45(55,56)57/h7-12,14-17,21-26,37-38H,2-6,13,18-20,27-28H2,1H3,(H2,58,59,60)(H2,61,63,65)(H2,62,64,66)/p+1/t37-,38-/m0/s1. The highest BCUT2D eigenvalue weighted by Gasteiger charge is 2.38. The summed E-state index contributed by atoms with van der Waals surface area (Å²) in [5, 5.41) is 15.7. The molecule has 2 atom stereocenters. The van der Waals surface area contributed by atoms with E-state index in [1.54, 1.807) is 60.7 Å². The van der Waals surface area contributed by atoms with Gasteiger partial charge >= 0.3 is 42.7 Å². The van der Waals surface area contributed by atoms with E-state index < -0.39 is 82.5 Å². The molecule has 4 rings (SSSR count). The second-order valence-corrected chi connectivity index (χ2v) is 15.4. The molecule has 4 aromatic rings. The van der Waals surface area contributed by atoms with Gasteiger partial charge in [-0.2, -0.15) is 52.7 Å². The van der Waals surface area contributed by atoms with Crippen molar-refractivity contribution in [2.75, 3.05) is 30.3 Å². The minimum atomic E-state index is -5.15. The van der Waals surface area contributed by atoms with Crippen LogP contribution in [0.25, 0.3) is 0 Å². The highest BCUT2D eigenvalue weighted by molar-refractivity contribution is 5.90. The van der Waals surface area contributed by atoms with Crippen LogP contribution in [0.3, 0.4) is 0 Å². The number of rotatable bonds is 19. The number of guanidine groups is 1. The number of alkyl halides is 12. The molecule has 360 valence electrons. The van der Waals surface area contributed by atoms with Crippen molar-refractivity contribution in [1.29, 1.82) is 0 Å². The fourth-order valence-electron chi connectivity index (χ4n) is 6.66. The Labute approximate surface area is 373 Å². The zero-order valence-electron chi connectivity index (χ0n) is 35.5. The molecule has 0 aliphatic heterocycles. The molecule has 4 amide bonds. The number of unbranched alkanes of at least 4 members (excludes halogenated alkanes) is 5. The molecule has 4 aromatic carbocycles. The Bertz CT molecular complexity index is 2120. The summed E-state index contributed by atoms with van der Waals surface area (Å²) in [7, 11) is 0. The largest absolute Gasteiger partial charge is 0.416 e. The Hall–Kier alpha value is -6.15. The first-order valence-electron chi connectivity index (χ1n) is 20.9. The number of carbonyl (C=O) groups is 2. The van der Waals surface area contributed by atoms with Crippen molar-refractivity contribution in [2.24, 2.45) is 0 Å². The molecule has 21 heteroatoms. The van der Waals surface area contributed by atoms with Gasteiger partial charge in [-0.15, -0.1) is 0 Å². The van der Waals surface area contributed by atoms with Crippen LogP contribution in [0.5, 0.6) is 0 Å². The molecular weight excluding hydrogens is 899 g/mol. The molecule has 9 nitrogen and oxygen atoms in total. The van der Waals surface area contributed by atoms with E-state index in [9.17, 15) is 62.3 Å². The Kier molecular flexibility index (Phi) is 19.0. The quantitative estimate of drug-likeness (QED) is 0.0219. The van der Waals surface area contributed by atoms with Crippen LogP contribution < -0.4 is 36.9 Å². The smallest absolute Gasteiger partial charge is 0.332 e. The molecule has 0 aromatic heterocycles. The molecule has 0 spiro atoms. The zero-order valence-corrected chi connectivity index (χ0v) is 35.5. The summed E-state index contributed by atoms with van der Waals surface area (Å²) in [6, 6.07) is 14.8. The van der Waals surface area contributed by atoms with Gasteiger partial charge in [0.1, 0.15) is 0 Å². The second-order valence-electron chi connectivity index (χ2n) is 15.4. The summed E-state index contributed by atoms with van der Waals surface area (Å²) in [5.41, 5.74) is -6.60. The normalized spacial score (nSPS) is 13.4. The molecule has 0 saturated carbocycles. The molecule has 0 radical (unpaired) electrons. The van der Waals surface area contributed by atoms with Gasteiger partial charge < -0.3 is 21.3 Å². The lowest BCUT2D eigenvalue weighted by Gasteiger charge is -2.21. The van der Waals surface area contributed by atoms with Crippen molar-refractivity contribution in [1.82, 2.24) is 21.3 Å². The van der Waals surface area contributed by atoms with Crippen LogP contribution in [0.2, 0.25) is 0 Å². The highest BCUT2D eigenvalue weighted by Crippen LogP contribution is 2.39. The van der Waals surface area contributed by atoms with Crippen molar-refractivity contribution in [3.05, 3.63) is 130 Å². The minimum absolute atomic E-state index is 0.0659. The van der Waals surface area contributed by atoms with Crippen molar-refractivity contribution < 1.29 is 67.3 Å². The van der Waals surface area contributed by atoms with Gasteiger partial charge in [0.05, 0.1) is 54.0 Å². The third-order valence-corrected chi connectivity index (χ3v) is 9.89. The van der Waals surface area contributed by atoms with Crippen LogP contribution in [0.1, 0.15) is 78.8 Å². The highest BCUT2D eigenvalue weighted by atomic mass is 19.4. The monoisotopic (exact) mass is 948 g/mol. The van der Waals surface area contributed by atoms with Crippen molar-refractivity contribution in [3.63, 3.8) is 0 Å². The number of hydrogen-bond donors (Lipinski definition) is 7. The van der Waals surface area contributed by atoms with E-state index in [2.05, 4.69) is 43.8 Å². The number of urea groups is 2. The summed E-state index contributed by atoms with van der Waals surface area (Å²) < 4.78 is 163. The number of carbonyl (C=O) groups excluding carboxylic acids is 2. The van der Waals surface area contributed by atoms with Gasteiger partial charge in [0.15, 0.2) is 0 Å². The molecule has 0 aliphatic rings. The molecule has 7 N–H and O–H groups in total. The molecule has 0 saturated heterocycles. The van der Waals surface area contributed by atoms with E-state index in [1.165, 1.54) is 0 Å². The number of hydrogen-bond acceptors (Lipinski definition) is 2. The van der Waals surface area contributed by atoms with Gasteiger partial charge in [-0.1, -0.05) is 99.7 Å². The first-order chi connectivity index (χ1) is 31.0. The van der Waals surface area contributed by atoms with Gasteiger partial charge in [-0.05, 0) is 66.8 Å². The summed E-state index contributed by atoms with van der Waals surface area (Å²) >= 11 is 0. The number of anilines is 2. The lowest BCUT2D eigenvalue weighted by Crippen LogP contribution is -2.83. The van der Waals surface area contributed by atoms with Crippen LogP contribution in [-0.4, -0.2) is 49.7 Å². The Balaban J connectivity index is 1.59. The van der Waals surface area contributed by atoms with Gasteiger partial charge in [-0.25, -0.2) is 9.59 Å². The predicted octanol–water partition coefficient (Wildman–Crippen LogP) is 9.90. The Morgan fingerprint density at radius 2 is 0.909 bits per heavy atom. The summed E-state index contributed by atoms with van der Waals surface area (Å²) in [4.78, 5) is 29.6. The van der Waals surface area contributed by atoms with Gasteiger partial charge in [0.25, 0.3) is 0 Å². The first-order valence-corrected chi connectivity index (χ1v) is 20.9. The molecule has 0 bridgehead atoms. The Morgan fingerprint density at radius 1 is 0.515 bits per heavy atom. The average Bonchev–Trinajstić information content (AvgIpc) is 3.23. The Morgan fingerprint density at radius 3 is 1.33 bits per heavy atom. The number of benzene rings is 4. The maximum absolute atomic E-state index is 13.5. The van der Waals surface area contributed by atoms with E-state index in [1.807, 2.05) is 0 Å². The van der Waals surface area contributed by atoms with E-state index in [4.69, 9.17) is 0 Å². The molecule has 0 aliphatic carbocycles. The van der Waals surface area contributed by atoms with Crippen LogP contribution in [0, 0.1) is 0 Å². The molecule has 0 fully saturated rings. The molecule has 66 heavy (non-hydrogen) atoms. The summed E-state index contributed by atoms with van der Waals surface area (Å²) in [5.74, 6) is 0.268. The van der Waals surface area contributed by atoms with Gasteiger partial charge in [0, 0.05) is 11.4 Å². The predicted molar refractivity (Wildman–Crippen MR) is 225 cm³/mol. The van der Waals surface area contributed by atoms with Crippen LogP contribution in [-0.2, 0) is 37.5 Å². The third-order valence-electron chi connectivity index (χ3n) is 9.89. The fraction of sp³-hybridized carbons (Fsp3) is 0.400. The SMILES string of the molecule is CCCCCCCCNC(NC[C@H](Cc1ccccc1)NC(=O)Nc1cc(C(F)(F)F)cc(C(F)(F)F)c1)=[NH+]C[C@H](Cc1ccccc1)NC(=O)Nc1cc(C(F)(F)F)cc(C(F)(F)F)c1. The van der Waals surface area contributed by atoms with Gasteiger partial charge in [0.2, 0.25) is 0 Å². The fourth-order valence-corrected chi connectivity index (χ4v) is 6.66. The molecule has 0 unspecified atom stereocenters. The van der Waals surface area contributed by atoms with E-state index in [-0.39, 0.29) is 44.0 Å². The number of nitrogens with one attached hydrogen (secondary N) is 7. The average molecular weight is 949 g/mol. The van der Waals surface area contributed by atoms with E-state index >= 15 is 0 Å². The zero-order chi connectivity index (χ0) is 48.5. The number of halogens is 12. The van der Waals surface area contributed by atoms with Gasteiger partial charge in [-0.3, -0.25) is 15.6 Å². The van der Waals surface area contributed by atoms with Crippen molar-refractivity contribution >= 4 is 29.4 Å². The van der Waals surface area contributed by atoms with Crippen LogP contribution >= 0.6 is 0 Å². The van der Waals surface area contributed by atoms with E-state index in [0.717, 1.165) is 32.1 Å². The minimum Gasteiger partial charge on any atom is -0.332 e. The van der Waals surface area contributed by atoms with Crippen molar-refractivity contribution in [3.8, 4) is 0 Å². The third kappa shape index (κ3) is 18.4. The van der Waals surface area contributed by atoms with Crippen LogP contribution in [0.15, 0.2) is 97.1 Å². The second kappa shape index (κ2) is 23.9. The maximum atomic E-state index is 13.5. The molecule has 0 heterocycles. The first kappa shape index (κ1) is 52.5. The van der Waals surface area contributed by atoms with Crippen LogP contribution in [0.4, 0.5) is 73.6 Å². The molecular formula is C45H50F12N7O2+. The maximum Gasteiger partial charge on any atom is 0.416 e. The summed E-state index contributed by atoms with van der Waals surface area (Å²) in [6.07, 6.45) is -14.7. The van der Waals surface area contributed by atoms with Crippen molar-refractivity contribution in [2.45, 2.75) is 95.1 Å². The number of amides is 4. The topological polar surface area (TPSA) is 120 Å².